The molecule has 8 heteroatoms. The van der Waals surface area contributed by atoms with Gasteiger partial charge in [-0.25, -0.2) is 0 Å². The Morgan fingerprint density at radius 2 is 1.78 bits per heavy atom. The van der Waals surface area contributed by atoms with Gasteiger partial charge in [0.2, 0.25) is 17.7 Å². The van der Waals surface area contributed by atoms with Crippen molar-refractivity contribution < 1.29 is 19.5 Å². The fourth-order valence-electron chi connectivity index (χ4n) is 8.08. The Morgan fingerprint density at radius 3 is 2.41 bits per heavy atom. The number of fused-ring (bicyclic) bond motifs is 1. The second kappa shape index (κ2) is 12.0. The molecule has 2 unspecified atom stereocenters. The smallest absolute Gasteiger partial charge is 0.247 e. The first-order valence-corrected chi connectivity index (χ1v) is 16.0. The largest absolute Gasteiger partial charge is 0.394 e. The lowest BCUT2D eigenvalue weighted by Crippen LogP contribution is -2.59. The van der Waals surface area contributed by atoms with Gasteiger partial charge in [0.05, 0.1) is 29.2 Å². The predicted molar refractivity (Wildman–Crippen MR) is 163 cm³/mol. The highest BCUT2D eigenvalue weighted by atomic mass is 32.2. The number of carbonyl (C=O) groups is 3. The van der Waals surface area contributed by atoms with Crippen molar-refractivity contribution in [1.29, 1.82) is 0 Å². The summed E-state index contributed by atoms with van der Waals surface area (Å²) in [4.78, 5) is 49.0. The molecule has 0 radical (unpaired) electrons. The van der Waals surface area contributed by atoms with Gasteiger partial charge >= 0.3 is 0 Å². The molecule has 222 valence electrons. The standard InChI is InChI=1S/C33H45N3O4S/c1-5-19-34(21-24-13-9-7-10-14-24)29(38)26-27-30(39)36(23(3)22-37)28(33(27)18-17-32(26,4)41-33)31(40)35(20-6-2)25-15-11-8-12-16-25/h5-7,9-10,13-14,23,25-28,37H,1-2,8,11-12,15-22H2,3-4H3/t23-,26-,27+,28?,32+,33?/m1/s1. The fraction of sp³-hybridized carbons (Fsp3) is 0.606. The molecular weight excluding hydrogens is 534 g/mol. The number of likely N-dealkylation sites (tertiary alicyclic amines) is 1. The van der Waals surface area contributed by atoms with Crippen LogP contribution in [0.15, 0.2) is 55.6 Å². The van der Waals surface area contributed by atoms with Crippen LogP contribution in [0.25, 0.3) is 0 Å². The normalized spacial score (nSPS) is 31.5. The van der Waals surface area contributed by atoms with Gasteiger partial charge in [-0.2, -0.15) is 0 Å². The molecule has 2 bridgehead atoms. The van der Waals surface area contributed by atoms with Crippen LogP contribution in [0.2, 0.25) is 0 Å². The van der Waals surface area contributed by atoms with Gasteiger partial charge in [-0.15, -0.1) is 24.9 Å². The summed E-state index contributed by atoms with van der Waals surface area (Å²) in [6.07, 6.45) is 10.2. The van der Waals surface area contributed by atoms with Crippen LogP contribution in [0, 0.1) is 11.8 Å². The van der Waals surface area contributed by atoms with Crippen LogP contribution in [0.5, 0.6) is 0 Å². The highest BCUT2D eigenvalue weighted by Crippen LogP contribution is 2.72. The van der Waals surface area contributed by atoms with Gasteiger partial charge < -0.3 is 19.8 Å². The molecule has 0 aromatic heterocycles. The molecule has 7 nitrogen and oxygen atoms in total. The first-order valence-electron chi connectivity index (χ1n) is 15.2. The number of rotatable bonds is 11. The van der Waals surface area contributed by atoms with E-state index in [4.69, 9.17) is 0 Å². The maximum absolute atomic E-state index is 14.7. The molecule has 1 spiro atoms. The minimum atomic E-state index is -0.712. The summed E-state index contributed by atoms with van der Waals surface area (Å²) in [5, 5.41) is 10.3. The number of carbonyl (C=O) groups excluding carboxylic acids is 3. The van der Waals surface area contributed by atoms with Crippen molar-refractivity contribution in [3.05, 3.63) is 61.2 Å². The molecule has 1 aromatic rings. The average molecular weight is 580 g/mol. The summed E-state index contributed by atoms with van der Waals surface area (Å²) >= 11 is 1.69. The quantitative estimate of drug-likeness (QED) is 0.393. The van der Waals surface area contributed by atoms with Crippen molar-refractivity contribution in [3.63, 3.8) is 0 Å². The molecule has 3 saturated heterocycles. The number of aliphatic hydroxyl groups excluding tert-OH is 1. The molecule has 6 atom stereocenters. The lowest BCUT2D eigenvalue weighted by molar-refractivity contribution is -0.148. The fourth-order valence-corrected chi connectivity index (χ4v) is 10.4. The number of hydrogen-bond acceptors (Lipinski definition) is 5. The summed E-state index contributed by atoms with van der Waals surface area (Å²) in [5.41, 5.74) is 1.02. The molecule has 41 heavy (non-hydrogen) atoms. The van der Waals surface area contributed by atoms with Crippen LogP contribution >= 0.6 is 11.8 Å². The van der Waals surface area contributed by atoms with E-state index in [9.17, 15) is 19.5 Å². The first kappa shape index (κ1) is 29.9. The third-order valence-corrected chi connectivity index (χ3v) is 11.9. The van der Waals surface area contributed by atoms with Crippen LogP contribution < -0.4 is 0 Å². The van der Waals surface area contributed by atoms with Crippen molar-refractivity contribution in [2.45, 2.75) is 93.0 Å². The Balaban J connectivity index is 1.53. The van der Waals surface area contributed by atoms with E-state index < -0.39 is 33.4 Å². The first-order chi connectivity index (χ1) is 19.7. The van der Waals surface area contributed by atoms with E-state index in [1.807, 2.05) is 47.1 Å². The molecule has 1 aromatic carbocycles. The number of amides is 3. The molecule has 3 aliphatic heterocycles. The zero-order valence-corrected chi connectivity index (χ0v) is 25.4. The highest BCUT2D eigenvalue weighted by Gasteiger charge is 2.78. The number of hydrogen-bond donors (Lipinski definition) is 1. The maximum atomic E-state index is 14.7. The van der Waals surface area contributed by atoms with Gasteiger partial charge in [0.1, 0.15) is 6.04 Å². The van der Waals surface area contributed by atoms with E-state index in [0.717, 1.165) is 37.7 Å². The van der Waals surface area contributed by atoms with E-state index in [-0.39, 0.29) is 30.4 Å². The summed E-state index contributed by atoms with van der Waals surface area (Å²) in [6.45, 7) is 12.8. The van der Waals surface area contributed by atoms with E-state index in [1.54, 1.807) is 28.8 Å². The molecular formula is C33H45N3O4S. The van der Waals surface area contributed by atoms with Crippen LogP contribution in [-0.2, 0) is 20.9 Å². The molecule has 4 fully saturated rings. The minimum absolute atomic E-state index is 0.0509. The highest BCUT2D eigenvalue weighted by molar-refractivity contribution is 8.02. The summed E-state index contributed by atoms with van der Waals surface area (Å²) in [6, 6.07) is 8.76. The zero-order chi connectivity index (χ0) is 29.4. The molecule has 1 saturated carbocycles. The predicted octanol–water partition coefficient (Wildman–Crippen LogP) is 4.41. The SMILES string of the molecule is C=CCN(Cc1ccccc1)C(=O)[C@H]1[C@H]2C(=O)N([C@H](C)CO)C(C(=O)N(CC=C)C3CCCCC3)C23CC[C@]1(C)S3. The average Bonchev–Trinajstić information content (AvgIpc) is 3.56. The van der Waals surface area contributed by atoms with Crippen molar-refractivity contribution in [2.24, 2.45) is 11.8 Å². The van der Waals surface area contributed by atoms with Crippen LogP contribution in [0.3, 0.4) is 0 Å². The van der Waals surface area contributed by atoms with Crippen molar-refractivity contribution in [2.75, 3.05) is 19.7 Å². The molecule has 3 heterocycles. The van der Waals surface area contributed by atoms with E-state index in [2.05, 4.69) is 20.1 Å². The van der Waals surface area contributed by atoms with Gasteiger partial charge in [0.15, 0.2) is 0 Å². The van der Waals surface area contributed by atoms with Crippen LogP contribution in [-0.4, -0.2) is 84.8 Å². The number of aliphatic hydroxyl groups is 1. The molecule has 5 rings (SSSR count). The maximum Gasteiger partial charge on any atom is 0.247 e. The number of nitrogens with zero attached hydrogens (tertiary/aromatic N) is 3. The van der Waals surface area contributed by atoms with Gasteiger partial charge in [-0.1, -0.05) is 61.7 Å². The Labute approximate surface area is 249 Å². The van der Waals surface area contributed by atoms with Crippen LogP contribution in [0.1, 0.15) is 64.4 Å². The lowest BCUT2D eigenvalue weighted by Gasteiger charge is -2.42. The van der Waals surface area contributed by atoms with Crippen LogP contribution in [0.4, 0.5) is 0 Å². The summed E-state index contributed by atoms with van der Waals surface area (Å²) in [5.74, 6) is -1.43. The topological polar surface area (TPSA) is 81.2 Å². The minimum Gasteiger partial charge on any atom is -0.394 e. The van der Waals surface area contributed by atoms with E-state index in [0.29, 0.717) is 26.1 Å². The van der Waals surface area contributed by atoms with Gasteiger partial charge in [0, 0.05) is 30.4 Å². The number of benzene rings is 1. The zero-order valence-electron chi connectivity index (χ0n) is 24.5. The van der Waals surface area contributed by atoms with Gasteiger partial charge in [0.25, 0.3) is 0 Å². The molecule has 1 aliphatic carbocycles. The lowest BCUT2D eigenvalue weighted by atomic mass is 9.66. The molecule has 3 amide bonds. The third-order valence-electron chi connectivity index (χ3n) is 9.96. The van der Waals surface area contributed by atoms with E-state index >= 15 is 0 Å². The third kappa shape index (κ3) is 5.05. The second-order valence-corrected chi connectivity index (χ2v) is 14.5. The Morgan fingerprint density at radius 1 is 1.10 bits per heavy atom. The number of thioether (sulfide) groups is 1. The Kier molecular flexibility index (Phi) is 8.72. The Bertz CT molecular complexity index is 1170. The van der Waals surface area contributed by atoms with Crippen molar-refractivity contribution >= 4 is 29.5 Å². The van der Waals surface area contributed by atoms with Crippen molar-refractivity contribution in [3.8, 4) is 0 Å². The second-order valence-electron chi connectivity index (χ2n) is 12.6. The summed E-state index contributed by atoms with van der Waals surface area (Å²) < 4.78 is -1.15. The monoisotopic (exact) mass is 579 g/mol. The van der Waals surface area contributed by atoms with Gasteiger partial charge in [-0.05, 0) is 45.1 Å². The van der Waals surface area contributed by atoms with Crippen molar-refractivity contribution in [1.82, 2.24) is 14.7 Å². The molecule has 4 aliphatic rings. The van der Waals surface area contributed by atoms with Gasteiger partial charge in [-0.3, -0.25) is 14.4 Å². The Hall–Kier alpha value is -2.58. The summed E-state index contributed by atoms with van der Waals surface area (Å²) in [7, 11) is 0. The molecule has 1 N–H and O–H groups in total. The van der Waals surface area contributed by atoms with E-state index in [1.165, 1.54) is 6.42 Å².